The molecule has 0 aromatic carbocycles. The predicted molar refractivity (Wildman–Crippen MR) is 39.1 cm³/mol. The molecular weight excluding hydrogens is 154 g/mol. The highest BCUT2D eigenvalue weighted by atomic mass is 32.2. The van der Waals surface area contributed by atoms with E-state index < -0.39 is 16.1 Å². The number of rotatable bonds is 4. The lowest BCUT2D eigenvalue weighted by molar-refractivity contribution is 0.186. The smallest absolute Gasteiger partial charge is 0.208 e. The van der Waals surface area contributed by atoms with Crippen LogP contribution in [0.4, 0.5) is 0 Å². The first-order valence-electron chi connectivity index (χ1n) is 3.04. The summed E-state index contributed by atoms with van der Waals surface area (Å²) in [4.78, 5) is 0. The van der Waals surface area contributed by atoms with Gasteiger partial charge in [-0.2, -0.15) is 0 Å². The molecule has 1 unspecified atom stereocenters. The van der Waals surface area contributed by atoms with Crippen LogP contribution in [-0.4, -0.2) is 32.4 Å². The van der Waals surface area contributed by atoms with Crippen LogP contribution in [-0.2, 0) is 10.0 Å². The molecule has 5 heteroatoms. The molecule has 0 amide bonds. The van der Waals surface area contributed by atoms with Crippen LogP contribution >= 0.6 is 0 Å². The van der Waals surface area contributed by atoms with Gasteiger partial charge in [0.05, 0.1) is 12.4 Å². The van der Waals surface area contributed by atoms with Crippen molar-refractivity contribution in [1.82, 2.24) is 4.72 Å². The first-order chi connectivity index (χ1) is 4.42. The van der Waals surface area contributed by atoms with E-state index in [-0.39, 0.29) is 0 Å². The summed E-state index contributed by atoms with van der Waals surface area (Å²) in [5, 5.41) is 8.71. The van der Waals surface area contributed by atoms with Crippen molar-refractivity contribution in [3.05, 3.63) is 0 Å². The Morgan fingerprint density at radius 1 is 1.60 bits per heavy atom. The summed E-state index contributed by atoms with van der Waals surface area (Å²) in [7, 11) is -3.08. The molecule has 0 bridgehead atoms. The molecule has 0 radical (unpaired) electrons. The Morgan fingerprint density at radius 3 is 2.40 bits per heavy atom. The van der Waals surface area contributed by atoms with E-state index >= 15 is 0 Å². The third kappa shape index (κ3) is 7.87. The van der Waals surface area contributed by atoms with E-state index in [4.69, 9.17) is 5.11 Å². The lowest BCUT2D eigenvalue weighted by Crippen LogP contribution is -2.25. The minimum atomic E-state index is -3.08. The van der Waals surface area contributed by atoms with Gasteiger partial charge < -0.3 is 5.11 Å². The van der Waals surface area contributed by atoms with Gasteiger partial charge in [-0.3, -0.25) is 0 Å². The van der Waals surface area contributed by atoms with E-state index in [1.807, 2.05) is 0 Å². The van der Waals surface area contributed by atoms with Gasteiger partial charge in [-0.25, -0.2) is 13.1 Å². The Hall–Kier alpha value is -0.130. The van der Waals surface area contributed by atoms with Crippen molar-refractivity contribution in [2.75, 3.05) is 12.8 Å². The summed E-state index contributed by atoms with van der Waals surface area (Å²) in [6.45, 7) is 1.92. The molecule has 0 aromatic heterocycles. The zero-order valence-electron chi connectivity index (χ0n) is 6.16. The lowest BCUT2D eigenvalue weighted by Gasteiger charge is -2.03. The number of sulfonamides is 1. The minimum absolute atomic E-state index is 0.302. The number of hydrogen-bond donors (Lipinski definition) is 2. The molecule has 0 aromatic rings. The number of aliphatic hydroxyl groups is 1. The van der Waals surface area contributed by atoms with Crippen molar-refractivity contribution >= 4 is 10.0 Å². The minimum Gasteiger partial charge on any atom is -0.393 e. The fraction of sp³-hybridized carbons (Fsp3) is 1.00. The molecule has 0 saturated heterocycles. The maximum absolute atomic E-state index is 10.4. The molecule has 0 aliphatic carbocycles. The molecule has 0 aliphatic heterocycles. The topological polar surface area (TPSA) is 66.4 Å². The Balaban J connectivity index is 3.39. The van der Waals surface area contributed by atoms with Gasteiger partial charge in [-0.05, 0) is 13.3 Å². The Bertz CT molecular complexity index is 173. The van der Waals surface area contributed by atoms with Crippen LogP contribution < -0.4 is 4.72 Å². The zero-order chi connectivity index (χ0) is 8.20. The fourth-order valence-corrected chi connectivity index (χ4v) is 0.942. The maximum Gasteiger partial charge on any atom is 0.208 e. The van der Waals surface area contributed by atoms with Gasteiger partial charge >= 0.3 is 0 Å². The van der Waals surface area contributed by atoms with E-state index in [2.05, 4.69) is 4.72 Å². The SMILES string of the molecule is CC(O)CCNS(C)(=O)=O. The monoisotopic (exact) mass is 167 g/mol. The van der Waals surface area contributed by atoms with E-state index in [1.165, 1.54) is 0 Å². The molecule has 0 rings (SSSR count). The van der Waals surface area contributed by atoms with Gasteiger partial charge in [0.2, 0.25) is 10.0 Å². The van der Waals surface area contributed by atoms with Gasteiger partial charge in [-0.15, -0.1) is 0 Å². The second-order valence-electron chi connectivity index (χ2n) is 2.30. The van der Waals surface area contributed by atoms with Gasteiger partial charge in [0.15, 0.2) is 0 Å². The highest BCUT2D eigenvalue weighted by Gasteiger charge is 2.00. The molecule has 0 saturated carbocycles. The molecule has 0 heterocycles. The summed E-state index contributed by atoms with van der Waals surface area (Å²) >= 11 is 0. The number of hydrogen-bond acceptors (Lipinski definition) is 3. The second-order valence-corrected chi connectivity index (χ2v) is 4.14. The number of nitrogens with one attached hydrogen (secondary N) is 1. The zero-order valence-corrected chi connectivity index (χ0v) is 6.98. The molecule has 62 valence electrons. The molecule has 1 atom stereocenters. The largest absolute Gasteiger partial charge is 0.393 e. The molecule has 0 fully saturated rings. The summed E-state index contributed by atoms with van der Waals surface area (Å²) in [5.74, 6) is 0. The number of aliphatic hydroxyl groups excluding tert-OH is 1. The van der Waals surface area contributed by atoms with Crippen molar-refractivity contribution in [2.24, 2.45) is 0 Å². The van der Waals surface area contributed by atoms with Crippen molar-refractivity contribution in [1.29, 1.82) is 0 Å². The van der Waals surface area contributed by atoms with Gasteiger partial charge in [0.25, 0.3) is 0 Å². The molecule has 10 heavy (non-hydrogen) atoms. The first-order valence-corrected chi connectivity index (χ1v) is 4.93. The van der Waals surface area contributed by atoms with Crippen LogP contribution in [0.3, 0.4) is 0 Å². The van der Waals surface area contributed by atoms with Crippen molar-refractivity contribution in [3.63, 3.8) is 0 Å². The molecule has 0 spiro atoms. The molecule has 2 N–H and O–H groups in total. The quantitative estimate of drug-likeness (QED) is 0.582. The Labute approximate surface area is 61.3 Å². The first kappa shape index (κ1) is 9.87. The summed E-state index contributed by atoms with van der Waals surface area (Å²) < 4.78 is 23.1. The van der Waals surface area contributed by atoms with Crippen molar-refractivity contribution in [2.45, 2.75) is 19.4 Å². The average molecular weight is 167 g/mol. The third-order valence-electron chi connectivity index (χ3n) is 0.926. The van der Waals surface area contributed by atoms with Gasteiger partial charge in [-0.1, -0.05) is 0 Å². The van der Waals surface area contributed by atoms with E-state index in [1.54, 1.807) is 6.92 Å². The third-order valence-corrected chi connectivity index (χ3v) is 1.65. The van der Waals surface area contributed by atoms with E-state index in [0.717, 1.165) is 6.26 Å². The summed E-state index contributed by atoms with van der Waals surface area (Å²) in [6, 6.07) is 0. The normalized spacial score (nSPS) is 15.1. The maximum atomic E-state index is 10.4. The van der Waals surface area contributed by atoms with Crippen LogP contribution in [0.5, 0.6) is 0 Å². The predicted octanol–water partition coefficient (Wildman–Crippen LogP) is -0.694. The highest BCUT2D eigenvalue weighted by Crippen LogP contribution is 1.86. The van der Waals surface area contributed by atoms with E-state index in [9.17, 15) is 8.42 Å². The average Bonchev–Trinajstić information content (AvgIpc) is 1.59. The van der Waals surface area contributed by atoms with E-state index in [0.29, 0.717) is 13.0 Å². The molecular formula is C5H13NO3S. The van der Waals surface area contributed by atoms with Crippen LogP contribution in [0.1, 0.15) is 13.3 Å². The van der Waals surface area contributed by atoms with Crippen molar-refractivity contribution < 1.29 is 13.5 Å². The molecule has 0 aliphatic rings. The second kappa shape index (κ2) is 3.90. The van der Waals surface area contributed by atoms with Crippen LogP contribution in [0, 0.1) is 0 Å². The Morgan fingerprint density at radius 2 is 2.10 bits per heavy atom. The lowest BCUT2D eigenvalue weighted by atomic mass is 10.3. The van der Waals surface area contributed by atoms with Gasteiger partial charge in [0.1, 0.15) is 0 Å². The summed E-state index contributed by atoms with van der Waals surface area (Å²) in [5.41, 5.74) is 0. The van der Waals surface area contributed by atoms with Crippen molar-refractivity contribution in [3.8, 4) is 0 Å². The molecule has 4 nitrogen and oxygen atoms in total. The highest BCUT2D eigenvalue weighted by molar-refractivity contribution is 7.88. The fourth-order valence-electron chi connectivity index (χ4n) is 0.453. The van der Waals surface area contributed by atoms with Gasteiger partial charge in [0, 0.05) is 6.54 Å². The van der Waals surface area contributed by atoms with Crippen LogP contribution in [0.2, 0.25) is 0 Å². The van der Waals surface area contributed by atoms with Crippen LogP contribution in [0.25, 0.3) is 0 Å². The Kier molecular flexibility index (Phi) is 3.85. The standard InChI is InChI=1S/C5H13NO3S/c1-5(7)3-4-6-10(2,8)9/h5-7H,3-4H2,1-2H3. The summed E-state index contributed by atoms with van der Waals surface area (Å²) in [6.07, 6.45) is 1.09. The van der Waals surface area contributed by atoms with Crippen LogP contribution in [0.15, 0.2) is 0 Å².